The van der Waals surface area contributed by atoms with E-state index in [0.29, 0.717) is 13.2 Å². The fraction of sp³-hybridized carbons (Fsp3) is 0.333. The molecule has 0 saturated carbocycles. The lowest BCUT2D eigenvalue weighted by Gasteiger charge is -2.32. The maximum absolute atomic E-state index is 6.05. The van der Waals surface area contributed by atoms with Crippen molar-refractivity contribution in [3.05, 3.63) is 53.1 Å². The first-order chi connectivity index (χ1) is 11.9. The molecule has 2 aromatic heterocycles. The normalized spacial score (nSPS) is 21.0. The van der Waals surface area contributed by atoms with Crippen LogP contribution in [0.2, 0.25) is 0 Å². The number of ether oxygens (including phenoxy) is 2. The van der Waals surface area contributed by atoms with Crippen LogP contribution in [0.4, 0.5) is 5.82 Å². The second-order valence-corrected chi connectivity index (χ2v) is 6.54. The number of hydrogen-bond acceptors (Lipinski definition) is 6. The van der Waals surface area contributed by atoms with E-state index in [9.17, 15) is 0 Å². The summed E-state index contributed by atoms with van der Waals surface area (Å²) in [7, 11) is 0. The van der Waals surface area contributed by atoms with E-state index in [1.165, 1.54) is 5.39 Å². The Labute approximate surface area is 144 Å². The zero-order chi connectivity index (χ0) is 16.2. The Bertz CT molecular complexity index is 789. The molecule has 1 fully saturated rings. The lowest BCUT2D eigenvalue weighted by Crippen LogP contribution is -2.43. The molecule has 0 unspecified atom stereocenters. The number of thiazole rings is 1. The number of anilines is 1. The summed E-state index contributed by atoms with van der Waals surface area (Å²) in [5.74, 6) is 0.905. The van der Waals surface area contributed by atoms with Crippen LogP contribution < -0.4 is 5.32 Å². The third kappa shape index (κ3) is 3.40. The molecule has 6 heteroatoms. The minimum atomic E-state index is -0.0128. The van der Waals surface area contributed by atoms with Crippen LogP contribution in [-0.4, -0.2) is 35.3 Å². The van der Waals surface area contributed by atoms with E-state index in [0.717, 1.165) is 29.9 Å². The fourth-order valence-electron chi connectivity index (χ4n) is 2.95. The number of fused-ring (bicyclic) bond motifs is 1. The SMILES string of the molecule is c1ccc2c(N[C@@H]3CCOC[C@H]3OCc3cscn3)nccc2c1. The number of rotatable bonds is 5. The molecule has 1 aliphatic heterocycles. The first kappa shape index (κ1) is 15.5. The Balaban J connectivity index is 1.50. The molecule has 1 aliphatic rings. The maximum atomic E-state index is 6.05. The summed E-state index contributed by atoms with van der Waals surface area (Å²) in [4.78, 5) is 8.80. The minimum Gasteiger partial charge on any atom is -0.379 e. The molecule has 2 atom stereocenters. The maximum Gasteiger partial charge on any atom is 0.134 e. The van der Waals surface area contributed by atoms with Crippen molar-refractivity contribution < 1.29 is 9.47 Å². The average molecular weight is 341 g/mol. The molecule has 24 heavy (non-hydrogen) atoms. The van der Waals surface area contributed by atoms with Crippen molar-refractivity contribution in [2.45, 2.75) is 25.2 Å². The van der Waals surface area contributed by atoms with Crippen molar-refractivity contribution in [3.8, 4) is 0 Å². The van der Waals surface area contributed by atoms with E-state index in [1.807, 2.05) is 35.3 Å². The van der Waals surface area contributed by atoms with Gasteiger partial charge in [0.15, 0.2) is 0 Å². The van der Waals surface area contributed by atoms with Crippen molar-refractivity contribution >= 4 is 27.9 Å². The number of aromatic nitrogens is 2. The van der Waals surface area contributed by atoms with Crippen LogP contribution in [0.15, 0.2) is 47.4 Å². The molecule has 3 aromatic rings. The number of pyridine rings is 1. The van der Waals surface area contributed by atoms with E-state index in [2.05, 4.69) is 27.4 Å². The van der Waals surface area contributed by atoms with Gasteiger partial charge in [-0.05, 0) is 17.9 Å². The van der Waals surface area contributed by atoms with Gasteiger partial charge in [-0.1, -0.05) is 24.3 Å². The van der Waals surface area contributed by atoms with Gasteiger partial charge in [0.1, 0.15) is 11.9 Å². The van der Waals surface area contributed by atoms with Gasteiger partial charge >= 0.3 is 0 Å². The molecule has 4 rings (SSSR count). The van der Waals surface area contributed by atoms with Gasteiger partial charge in [0.2, 0.25) is 0 Å². The van der Waals surface area contributed by atoms with E-state index >= 15 is 0 Å². The zero-order valence-corrected chi connectivity index (χ0v) is 14.0. The van der Waals surface area contributed by atoms with Gasteiger partial charge < -0.3 is 14.8 Å². The lowest BCUT2D eigenvalue weighted by molar-refractivity contribution is -0.0644. The molecule has 0 bridgehead atoms. The number of benzene rings is 1. The summed E-state index contributed by atoms with van der Waals surface area (Å²) in [6.07, 6.45) is 2.73. The molecule has 124 valence electrons. The van der Waals surface area contributed by atoms with Gasteiger partial charge in [-0.2, -0.15) is 0 Å². The van der Waals surface area contributed by atoms with Gasteiger partial charge in [-0.25, -0.2) is 9.97 Å². The second-order valence-electron chi connectivity index (χ2n) is 5.82. The van der Waals surface area contributed by atoms with Gasteiger partial charge in [0.05, 0.1) is 30.5 Å². The monoisotopic (exact) mass is 341 g/mol. The predicted octanol–water partition coefficient (Wildman–Crippen LogP) is 3.48. The van der Waals surface area contributed by atoms with Crippen LogP contribution in [0.5, 0.6) is 0 Å². The minimum absolute atomic E-state index is 0.0128. The Morgan fingerprint density at radius 3 is 3.12 bits per heavy atom. The number of hydrogen-bond donors (Lipinski definition) is 1. The Morgan fingerprint density at radius 2 is 2.21 bits per heavy atom. The van der Waals surface area contributed by atoms with Gasteiger partial charge in [-0.15, -0.1) is 11.3 Å². The number of nitrogens with zero attached hydrogens (tertiary/aromatic N) is 2. The molecular weight excluding hydrogens is 322 g/mol. The molecule has 5 nitrogen and oxygen atoms in total. The largest absolute Gasteiger partial charge is 0.379 e. The van der Waals surface area contributed by atoms with Crippen molar-refractivity contribution in [1.82, 2.24) is 9.97 Å². The Morgan fingerprint density at radius 1 is 1.25 bits per heavy atom. The summed E-state index contributed by atoms with van der Waals surface area (Å²) in [6, 6.07) is 10.5. The van der Waals surface area contributed by atoms with Crippen molar-refractivity contribution in [2.75, 3.05) is 18.5 Å². The van der Waals surface area contributed by atoms with Crippen LogP contribution in [0.1, 0.15) is 12.1 Å². The quantitative estimate of drug-likeness (QED) is 0.770. The van der Waals surface area contributed by atoms with Crippen molar-refractivity contribution in [1.29, 1.82) is 0 Å². The summed E-state index contributed by atoms with van der Waals surface area (Å²) in [5, 5.41) is 7.89. The highest BCUT2D eigenvalue weighted by molar-refractivity contribution is 7.07. The highest BCUT2D eigenvalue weighted by Gasteiger charge is 2.27. The van der Waals surface area contributed by atoms with Crippen LogP contribution in [0.25, 0.3) is 10.8 Å². The molecular formula is C18H19N3O2S. The van der Waals surface area contributed by atoms with Gasteiger partial charge in [0, 0.05) is 23.6 Å². The van der Waals surface area contributed by atoms with Crippen molar-refractivity contribution in [3.63, 3.8) is 0 Å². The Kier molecular flexibility index (Phi) is 4.69. The smallest absolute Gasteiger partial charge is 0.134 e. The topological polar surface area (TPSA) is 56.3 Å². The first-order valence-corrected chi connectivity index (χ1v) is 9.01. The summed E-state index contributed by atoms with van der Waals surface area (Å²) >= 11 is 1.58. The van der Waals surface area contributed by atoms with E-state index in [1.54, 1.807) is 11.3 Å². The summed E-state index contributed by atoms with van der Waals surface area (Å²) in [5.41, 5.74) is 2.79. The van der Waals surface area contributed by atoms with Crippen LogP contribution in [0.3, 0.4) is 0 Å². The highest BCUT2D eigenvalue weighted by Crippen LogP contribution is 2.24. The van der Waals surface area contributed by atoms with Gasteiger partial charge in [-0.3, -0.25) is 0 Å². The zero-order valence-electron chi connectivity index (χ0n) is 13.2. The van der Waals surface area contributed by atoms with Crippen LogP contribution in [0, 0.1) is 0 Å². The van der Waals surface area contributed by atoms with Gasteiger partial charge in [0.25, 0.3) is 0 Å². The molecule has 1 N–H and O–H groups in total. The molecule has 0 radical (unpaired) electrons. The van der Waals surface area contributed by atoms with E-state index in [-0.39, 0.29) is 12.1 Å². The predicted molar refractivity (Wildman–Crippen MR) is 95.3 cm³/mol. The lowest BCUT2D eigenvalue weighted by atomic mass is 10.1. The second kappa shape index (κ2) is 7.25. The fourth-order valence-corrected chi connectivity index (χ4v) is 3.50. The molecule has 1 saturated heterocycles. The standard InChI is InChI=1S/C18H19N3O2S/c1-2-4-15-13(3-1)5-7-19-18(15)21-16-6-8-22-10-17(16)23-9-14-11-24-12-20-14/h1-5,7,11-12,16-17H,6,8-10H2,(H,19,21)/t16-,17-/m1/s1. The third-order valence-corrected chi connectivity index (χ3v) is 4.86. The van der Waals surface area contributed by atoms with Crippen molar-refractivity contribution in [2.24, 2.45) is 0 Å². The molecule has 1 aromatic carbocycles. The molecule has 3 heterocycles. The molecule has 0 spiro atoms. The van der Waals surface area contributed by atoms with E-state index < -0.39 is 0 Å². The number of nitrogens with one attached hydrogen (secondary N) is 1. The third-order valence-electron chi connectivity index (χ3n) is 4.23. The molecule has 0 amide bonds. The van der Waals surface area contributed by atoms with Crippen LogP contribution >= 0.6 is 11.3 Å². The summed E-state index contributed by atoms with van der Waals surface area (Å²) in [6.45, 7) is 1.84. The first-order valence-electron chi connectivity index (χ1n) is 8.07. The summed E-state index contributed by atoms with van der Waals surface area (Å²) < 4.78 is 11.7. The highest BCUT2D eigenvalue weighted by atomic mass is 32.1. The molecule has 0 aliphatic carbocycles. The van der Waals surface area contributed by atoms with E-state index in [4.69, 9.17) is 9.47 Å². The average Bonchev–Trinajstić information content (AvgIpc) is 3.15. The van der Waals surface area contributed by atoms with Crippen LogP contribution in [-0.2, 0) is 16.1 Å². The Hall–Kier alpha value is -2.02.